The Morgan fingerprint density at radius 2 is 2.25 bits per heavy atom. The molecule has 0 radical (unpaired) electrons. The van der Waals surface area contributed by atoms with E-state index in [4.69, 9.17) is 5.73 Å². The molecule has 0 aliphatic carbocycles. The van der Waals surface area contributed by atoms with Crippen LogP contribution in [-0.2, 0) is 0 Å². The van der Waals surface area contributed by atoms with Gasteiger partial charge in [0.25, 0.3) is 0 Å². The quantitative estimate of drug-likeness (QED) is 0.736. The fraction of sp³-hybridized carbons (Fsp3) is 0.111. The van der Waals surface area contributed by atoms with Crippen molar-refractivity contribution in [3.63, 3.8) is 0 Å². The second kappa shape index (κ2) is 3.72. The van der Waals surface area contributed by atoms with E-state index in [9.17, 15) is 4.39 Å². The molecule has 1 aromatic rings. The van der Waals surface area contributed by atoms with Gasteiger partial charge in [-0.05, 0) is 41.2 Å². The number of allylic oxidation sites excluding steroid dienone is 1. The lowest BCUT2D eigenvalue weighted by Crippen LogP contribution is -1.90. The van der Waals surface area contributed by atoms with E-state index in [1.807, 2.05) is 13.0 Å². The number of halogens is 2. The summed E-state index contributed by atoms with van der Waals surface area (Å²) in [5.74, 6) is -0.308. The van der Waals surface area contributed by atoms with Gasteiger partial charge in [-0.25, -0.2) is 4.39 Å². The van der Waals surface area contributed by atoms with Gasteiger partial charge in [0.15, 0.2) is 0 Å². The molecule has 0 spiro atoms. The second-order valence-electron chi connectivity index (χ2n) is 2.50. The highest BCUT2D eigenvalue weighted by Crippen LogP contribution is 2.18. The predicted octanol–water partition coefficient (Wildman–Crippen LogP) is 3.16. The van der Waals surface area contributed by atoms with Crippen molar-refractivity contribution < 1.29 is 4.39 Å². The van der Waals surface area contributed by atoms with E-state index >= 15 is 0 Å². The van der Waals surface area contributed by atoms with Crippen LogP contribution in [-0.4, -0.2) is 0 Å². The van der Waals surface area contributed by atoms with Gasteiger partial charge < -0.3 is 5.73 Å². The Balaban J connectivity index is 3.10. The van der Waals surface area contributed by atoms with Crippen LogP contribution in [0.5, 0.6) is 0 Å². The average Bonchev–Trinajstić information content (AvgIpc) is 1.94. The van der Waals surface area contributed by atoms with Gasteiger partial charge in [0, 0.05) is 5.69 Å². The summed E-state index contributed by atoms with van der Waals surface area (Å²) in [6.07, 6.45) is 1.84. The lowest BCUT2D eigenvalue weighted by molar-refractivity contribution is 0.628. The third-order valence-corrected chi connectivity index (χ3v) is 1.63. The minimum Gasteiger partial charge on any atom is -0.398 e. The van der Waals surface area contributed by atoms with Crippen molar-refractivity contribution >= 4 is 27.7 Å². The molecule has 1 nitrogen and oxygen atoms in total. The van der Waals surface area contributed by atoms with E-state index in [2.05, 4.69) is 15.9 Å². The normalized spacial score (nSPS) is 11.8. The Morgan fingerprint density at radius 1 is 1.58 bits per heavy atom. The molecule has 0 unspecified atom stereocenters. The molecule has 0 fully saturated rings. The lowest BCUT2D eigenvalue weighted by atomic mass is 10.1. The van der Waals surface area contributed by atoms with Gasteiger partial charge >= 0.3 is 0 Å². The van der Waals surface area contributed by atoms with E-state index in [1.54, 1.807) is 6.07 Å². The standard InChI is InChI=1S/C9H9BrFN/c1-6(10)4-7-2-3-8(11)5-9(7)12/h2-5H,12H2,1H3/b6-4-. The number of benzene rings is 1. The minimum absolute atomic E-state index is 0.308. The first kappa shape index (κ1) is 9.26. The van der Waals surface area contributed by atoms with Crippen LogP contribution in [0.4, 0.5) is 10.1 Å². The van der Waals surface area contributed by atoms with E-state index in [0.717, 1.165) is 10.0 Å². The second-order valence-corrected chi connectivity index (χ2v) is 3.76. The SMILES string of the molecule is C/C(Br)=C/c1ccc(F)cc1N. The van der Waals surface area contributed by atoms with Crippen molar-refractivity contribution in [2.24, 2.45) is 0 Å². The summed E-state index contributed by atoms with van der Waals surface area (Å²) in [6, 6.07) is 4.34. The van der Waals surface area contributed by atoms with Crippen molar-refractivity contribution in [1.82, 2.24) is 0 Å². The highest BCUT2D eigenvalue weighted by atomic mass is 79.9. The minimum atomic E-state index is -0.308. The van der Waals surface area contributed by atoms with Crippen LogP contribution in [0.3, 0.4) is 0 Å². The van der Waals surface area contributed by atoms with Crippen molar-refractivity contribution in [3.8, 4) is 0 Å². The molecular weight excluding hydrogens is 221 g/mol. The maximum atomic E-state index is 12.6. The predicted molar refractivity (Wildman–Crippen MR) is 53.4 cm³/mol. The fourth-order valence-electron chi connectivity index (χ4n) is 0.891. The number of anilines is 1. The molecule has 0 aliphatic rings. The summed E-state index contributed by atoms with van der Waals surface area (Å²) in [5.41, 5.74) is 6.84. The van der Waals surface area contributed by atoms with E-state index in [0.29, 0.717) is 5.69 Å². The summed E-state index contributed by atoms with van der Waals surface area (Å²) < 4.78 is 13.5. The zero-order valence-electron chi connectivity index (χ0n) is 6.64. The summed E-state index contributed by atoms with van der Waals surface area (Å²) >= 11 is 3.28. The van der Waals surface area contributed by atoms with Crippen LogP contribution < -0.4 is 5.73 Å². The van der Waals surface area contributed by atoms with Crippen molar-refractivity contribution in [3.05, 3.63) is 34.1 Å². The third-order valence-electron chi connectivity index (χ3n) is 1.40. The van der Waals surface area contributed by atoms with Gasteiger partial charge in [-0.3, -0.25) is 0 Å². The Morgan fingerprint density at radius 3 is 2.75 bits per heavy atom. The maximum Gasteiger partial charge on any atom is 0.125 e. The first-order chi connectivity index (χ1) is 5.59. The number of rotatable bonds is 1. The zero-order valence-corrected chi connectivity index (χ0v) is 8.23. The Kier molecular flexibility index (Phi) is 2.87. The molecule has 0 aromatic heterocycles. The molecule has 0 saturated carbocycles. The molecule has 1 rings (SSSR count). The number of nitrogens with two attached hydrogens (primary N) is 1. The number of nitrogen functional groups attached to an aromatic ring is 1. The molecule has 0 atom stereocenters. The van der Waals surface area contributed by atoms with Crippen molar-refractivity contribution in [1.29, 1.82) is 0 Å². The smallest absolute Gasteiger partial charge is 0.125 e. The molecule has 2 N–H and O–H groups in total. The monoisotopic (exact) mass is 229 g/mol. The Labute approximate surface area is 79.2 Å². The zero-order chi connectivity index (χ0) is 9.14. The van der Waals surface area contributed by atoms with Gasteiger partial charge in [0.2, 0.25) is 0 Å². The molecular formula is C9H9BrFN. The maximum absolute atomic E-state index is 12.6. The van der Waals surface area contributed by atoms with Gasteiger partial charge in [-0.2, -0.15) is 0 Å². The highest BCUT2D eigenvalue weighted by Gasteiger charge is 1.97. The molecule has 3 heteroatoms. The average molecular weight is 230 g/mol. The molecule has 0 aliphatic heterocycles. The molecule has 64 valence electrons. The van der Waals surface area contributed by atoms with Crippen LogP contribution in [0.1, 0.15) is 12.5 Å². The Bertz CT molecular complexity index is 316. The lowest BCUT2D eigenvalue weighted by Gasteiger charge is -1.99. The summed E-state index contributed by atoms with van der Waals surface area (Å²) in [4.78, 5) is 0. The largest absolute Gasteiger partial charge is 0.398 e. The molecule has 0 heterocycles. The van der Waals surface area contributed by atoms with Gasteiger partial charge in [-0.15, -0.1) is 0 Å². The van der Waals surface area contributed by atoms with Crippen LogP contribution in [0.2, 0.25) is 0 Å². The van der Waals surface area contributed by atoms with Crippen molar-refractivity contribution in [2.75, 3.05) is 5.73 Å². The molecule has 0 bridgehead atoms. The molecule has 1 aromatic carbocycles. The van der Waals surface area contributed by atoms with Crippen LogP contribution >= 0.6 is 15.9 Å². The molecule has 0 amide bonds. The van der Waals surface area contributed by atoms with Gasteiger partial charge in [0.1, 0.15) is 5.82 Å². The van der Waals surface area contributed by atoms with Crippen LogP contribution in [0, 0.1) is 5.82 Å². The van der Waals surface area contributed by atoms with Crippen molar-refractivity contribution in [2.45, 2.75) is 6.92 Å². The highest BCUT2D eigenvalue weighted by molar-refractivity contribution is 9.11. The molecule has 0 saturated heterocycles. The number of hydrogen-bond donors (Lipinski definition) is 1. The van der Waals surface area contributed by atoms with Gasteiger partial charge in [0.05, 0.1) is 0 Å². The first-order valence-corrected chi connectivity index (χ1v) is 4.28. The first-order valence-electron chi connectivity index (χ1n) is 3.48. The van der Waals surface area contributed by atoms with Crippen LogP contribution in [0.15, 0.2) is 22.7 Å². The number of hydrogen-bond acceptors (Lipinski definition) is 1. The summed E-state index contributed by atoms with van der Waals surface area (Å²) in [7, 11) is 0. The third kappa shape index (κ3) is 2.34. The fourth-order valence-corrected chi connectivity index (χ4v) is 1.14. The van der Waals surface area contributed by atoms with Crippen LogP contribution in [0.25, 0.3) is 6.08 Å². The van der Waals surface area contributed by atoms with E-state index < -0.39 is 0 Å². The summed E-state index contributed by atoms with van der Waals surface area (Å²) in [5, 5.41) is 0. The Hall–Kier alpha value is -0.830. The topological polar surface area (TPSA) is 26.0 Å². The van der Waals surface area contributed by atoms with E-state index in [-0.39, 0.29) is 5.82 Å². The van der Waals surface area contributed by atoms with Gasteiger partial charge in [-0.1, -0.05) is 15.9 Å². The van der Waals surface area contributed by atoms with E-state index in [1.165, 1.54) is 12.1 Å². The summed E-state index contributed by atoms with van der Waals surface area (Å²) in [6.45, 7) is 1.89. The molecule has 12 heavy (non-hydrogen) atoms.